The lowest BCUT2D eigenvalue weighted by molar-refractivity contribution is -0.136. The molecule has 5 nitrogen and oxygen atoms in total. The van der Waals surface area contributed by atoms with Crippen molar-refractivity contribution in [3.63, 3.8) is 0 Å². The quantitative estimate of drug-likeness (QED) is 0.847. The summed E-state index contributed by atoms with van der Waals surface area (Å²) in [4.78, 5) is 10.7. The van der Waals surface area contributed by atoms with Gasteiger partial charge >= 0.3 is 5.97 Å². The number of nitrogens with zero attached hydrogens (tertiary/aromatic N) is 1. The summed E-state index contributed by atoms with van der Waals surface area (Å²) in [5, 5.41) is 8.56. The van der Waals surface area contributed by atoms with E-state index in [2.05, 4.69) is 0 Å². The zero-order valence-corrected chi connectivity index (χ0v) is 11.3. The highest BCUT2D eigenvalue weighted by molar-refractivity contribution is 7.89. The van der Waals surface area contributed by atoms with Crippen molar-refractivity contribution in [2.24, 2.45) is 0 Å². The zero-order chi connectivity index (χ0) is 13.8. The average Bonchev–Trinajstić information content (AvgIpc) is 2.35. The molecule has 0 atom stereocenters. The number of sulfonamides is 1. The summed E-state index contributed by atoms with van der Waals surface area (Å²) in [7, 11) is -1.90. The number of hydrogen-bond acceptors (Lipinski definition) is 3. The van der Waals surface area contributed by atoms with Gasteiger partial charge in [0.05, 0.1) is 4.90 Å². The van der Waals surface area contributed by atoms with Gasteiger partial charge < -0.3 is 5.11 Å². The van der Waals surface area contributed by atoms with Crippen molar-refractivity contribution in [1.29, 1.82) is 0 Å². The molecule has 1 N–H and O–H groups in total. The van der Waals surface area contributed by atoms with E-state index in [4.69, 9.17) is 5.11 Å². The molecule has 6 heteroatoms. The number of rotatable bonds is 6. The molecule has 0 radical (unpaired) electrons. The van der Waals surface area contributed by atoms with Gasteiger partial charge in [-0.05, 0) is 24.1 Å². The van der Waals surface area contributed by atoms with E-state index < -0.39 is 16.0 Å². The Balaban J connectivity index is 2.86. The van der Waals surface area contributed by atoms with Gasteiger partial charge in [0.15, 0.2) is 0 Å². The second-order valence-electron chi connectivity index (χ2n) is 3.96. The molecular formula is C12H17NO4S. The Bertz CT molecular complexity index is 507. The molecule has 0 unspecified atom stereocenters. The summed E-state index contributed by atoms with van der Waals surface area (Å²) in [5.74, 6) is -0.864. The van der Waals surface area contributed by atoms with Crippen LogP contribution in [0, 0.1) is 0 Å². The minimum atomic E-state index is -3.42. The lowest BCUT2D eigenvalue weighted by Gasteiger charge is -2.14. The van der Waals surface area contributed by atoms with Crippen LogP contribution >= 0.6 is 0 Å². The van der Waals surface area contributed by atoms with Crippen LogP contribution < -0.4 is 0 Å². The Morgan fingerprint density at radius 1 is 1.28 bits per heavy atom. The van der Waals surface area contributed by atoms with Gasteiger partial charge in [-0.3, -0.25) is 4.79 Å². The molecule has 0 amide bonds. The topological polar surface area (TPSA) is 74.7 Å². The monoisotopic (exact) mass is 271 g/mol. The predicted molar refractivity (Wildman–Crippen MR) is 67.9 cm³/mol. The first-order chi connectivity index (χ1) is 8.37. The molecule has 0 heterocycles. The lowest BCUT2D eigenvalue weighted by atomic mass is 10.1. The Morgan fingerprint density at radius 2 is 1.83 bits per heavy atom. The van der Waals surface area contributed by atoms with Crippen LogP contribution in [-0.2, 0) is 21.2 Å². The van der Waals surface area contributed by atoms with Crippen LogP contribution in [0.25, 0.3) is 0 Å². The first-order valence-corrected chi connectivity index (χ1v) is 7.09. The first-order valence-electron chi connectivity index (χ1n) is 5.65. The largest absolute Gasteiger partial charge is 0.481 e. The van der Waals surface area contributed by atoms with Gasteiger partial charge in [0.25, 0.3) is 0 Å². The Labute approximate surface area is 107 Å². The number of aryl methyl sites for hydroxylation is 1. The highest BCUT2D eigenvalue weighted by Gasteiger charge is 2.18. The number of benzene rings is 1. The third-order valence-corrected chi connectivity index (χ3v) is 4.65. The molecule has 100 valence electrons. The molecule has 0 aliphatic carbocycles. The molecule has 0 saturated heterocycles. The highest BCUT2D eigenvalue weighted by atomic mass is 32.2. The molecule has 0 spiro atoms. The fourth-order valence-corrected chi connectivity index (χ4v) is 2.61. The Kier molecular flexibility index (Phi) is 4.86. The van der Waals surface area contributed by atoms with Gasteiger partial charge in [-0.2, -0.15) is 0 Å². The van der Waals surface area contributed by atoms with E-state index in [9.17, 15) is 13.2 Å². The van der Waals surface area contributed by atoms with Gasteiger partial charge in [-0.1, -0.05) is 19.1 Å². The van der Waals surface area contributed by atoms with Crippen molar-refractivity contribution in [1.82, 2.24) is 4.31 Å². The minimum absolute atomic E-state index is 0.0426. The lowest BCUT2D eigenvalue weighted by Crippen LogP contribution is -2.26. The Hall–Kier alpha value is -1.40. The number of aliphatic carboxylic acids is 1. The maximum atomic E-state index is 12.0. The van der Waals surface area contributed by atoms with Crippen molar-refractivity contribution in [2.75, 3.05) is 13.6 Å². The molecular weight excluding hydrogens is 254 g/mol. The SMILES string of the molecule is CCN(C)S(=O)(=O)c1ccc(CCC(=O)O)cc1. The summed E-state index contributed by atoms with van der Waals surface area (Å²) in [6.07, 6.45) is 0.445. The van der Waals surface area contributed by atoms with Crippen molar-refractivity contribution in [2.45, 2.75) is 24.7 Å². The van der Waals surface area contributed by atoms with Crippen LogP contribution in [0.5, 0.6) is 0 Å². The van der Waals surface area contributed by atoms with Crippen LogP contribution in [0.15, 0.2) is 29.2 Å². The molecule has 0 bridgehead atoms. The van der Waals surface area contributed by atoms with E-state index in [0.29, 0.717) is 13.0 Å². The summed E-state index contributed by atoms with van der Waals surface area (Å²) in [6, 6.07) is 6.33. The van der Waals surface area contributed by atoms with Crippen molar-refractivity contribution < 1.29 is 18.3 Å². The maximum absolute atomic E-state index is 12.0. The van der Waals surface area contributed by atoms with Crippen LogP contribution in [0.2, 0.25) is 0 Å². The molecule has 0 aliphatic rings. The molecule has 1 aromatic carbocycles. The summed E-state index contributed by atoms with van der Waals surface area (Å²) in [6.45, 7) is 2.17. The number of carboxylic acids is 1. The number of carbonyl (C=O) groups is 1. The summed E-state index contributed by atoms with van der Waals surface area (Å²) < 4.78 is 25.2. The molecule has 0 saturated carbocycles. The normalized spacial score (nSPS) is 11.7. The fraction of sp³-hybridized carbons (Fsp3) is 0.417. The Morgan fingerprint density at radius 3 is 2.28 bits per heavy atom. The standard InChI is InChI=1S/C12H17NO4S/c1-3-13(2)18(16,17)11-7-4-10(5-8-11)6-9-12(14)15/h4-5,7-8H,3,6,9H2,1-2H3,(H,14,15). The molecule has 0 fully saturated rings. The second-order valence-corrected chi connectivity index (χ2v) is 6.00. The minimum Gasteiger partial charge on any atom is -0.481 e. The highest BCUT2D eigenvalue weighted by Crippen LogP contribution is 2.15. The van der Waals surface area contributed by atoms with Gasteiger partial charge in [0.1, 0.15) is 0 Å². The molecule has 0 aliphatic heterocycles. The van der Waals surface area contributed by atoms with Gasteiger partial charge in [-0.15, -0.1) is 0 Å². The van der Waals surface area contributed by atoms with Crippen LogP contribution in [0.3, 0.4) is 0 Å². The third kappa shape index (κ3) is 3.54. The first kappa shape index (κ1) is 14.7. The summed E-state index contributed by atoms with van der Waals surface area (Å²) >= 11 is 0. The van der Waals surface area contributed by atoms with E-state index >= 15 is 0 Å². The number of hydrogen-bond donors (Lipinski definition) is 1. The van der Waals surface area contributed by atoms with Gasteiger partial charge in [0.2, 0.25) is 10.0 Å². The molecule has 0 aromatic heterocycles. The van der Waals surface area contributed by atoms with Crippen LogP contribution in [-0.4, -0.2) is 37.4 Å². The number of carboxylic acid groups (broad SMARTS) is 1. The molecule has 1 aromatic rings. The van der Waals surface area contributed by atoms with E-state index in [1.807, 2.05) is 0 Å². The summed E-state index contributed by atoms with van der Waals surface area (Å²) in [5.41, 5.74) is 0.815. The average molecular weight is 271 g/mol. The van der Waals surface area contributed by atoms with Crippen LogP contribution in [0.4, 0.5) is 0 Å². The second kappa shape index (κ2) is 5.97. The van der Waals surface area contributed by atoms with E-state index in [1.54, 1.807) is 19.1 Å². The van der Waals surface area contributed by atoms with E-state index in [0.717, 1.165) is 5.56 Å². The van der Waals surface area contributed by atoms with E-state index in [1.165, 1.54) is 23.5 Å². The fourth-order valence-electron chi connectivity index (χ4n) is 1.43. The third-order valence-electron chi connectivity index (χ3n) is 2.70. The zero-order valence-electron chi connectivity index (χ0n) is 10.5. The predicted octanol–water partition coefficient (Wildman–Crippen LogP) is 1.34. The van der Waals surface area contributed by atoms with Gasteiger partial charge in [0, 0.05) is 20.0 Å². The smallest absolute Gasteiger partial charge is 0.303 e. The van der Waals surface area contributed by atoms with Crippen molar-refractivity contribution in [3.05, 3.63) is 29.8 Å². The van der Waals surface area contributed by atoms with Crippen LogP contribution in [0.1, 0.15) is 18.9 Å². The molecule has 1 rings (SSSR count). The van der Waals surface area contributed by atoms with Gasteiger partial charge in [-0.25, -0.2) is 12.7 Å². The van der Waals surface area contributed by atoms with E-state index in [-0.39, 0.29) is 11.3 Å². The molecule has 18 heavy (non-hydrogen) atoms. The van der Waals surface area contributed by atoms with Crippen molar-refractivity contribution in [3.8, 4) is 0 Å². The maximum Gasteiger partial charge on any atom is 0.303 e. The van der Waals surface area contributed by atoms with Crippen molar-refractivity contribution >= 4 is 16.0 Å².